The number of terminal acetylenes is 1. The molecular weight excluding hydrogens is 427 g/mol. The van der Waals surface area contributed by atoms with Crippen LogP contribution in [0.5, 0.6) is 0 Å². The zero-order valence-corrected chi connectivity index (χ0v) is 19.3. The summed E-state index contributed by atoms with van der Waals surface area (Å²) in [5.74, 6) is 1.80. The summed E-state index contributed by atoms with van der Waals surface area (Å²) in [6.45, 7) is 5.72. The maximum absolute atomic E-state index is 12.8. The maximum Gasteiger partial charge on any atom is 0.258 e. The molecule has 1 unspecified atom stereocenters. The van der Waals surface area contributed by atoms with Gasteiger partial charge in [-0.25, -0.2) is 5.01 Å². The molecule has 0 saturated carbocycles. The number of nitrogens with one attached hydrogen (secondary N) is 1. The third-order valence-corrected chi connectivity index (χ3v) is 5.78. The predicted octanol–water partition coefficient (Wildman–Crippen LogP) is 5.69. The highest BCUT2D eigenvalue weighted by Gasteiger charge is 2.40. The number of aryl methyl sites for hydroxylation is 1. The van der Waals surface area contributed by atoms with Crippen LogP contribution in [0.1, 0.15) is 36.5 Å². The number of anilines is 1. The zero-order chi connectivity index (χ0) is 24.5. The second-order valence-electron chi connectivity index (χ2n) is 8.19. The van der Waals surface area contributed by atoms with E-state index in [1.54, 1.807) is 24.3 Å². The lowest BCUT2D eigenvalue weighted by molar-refractivity contribution is -0.127. The average molecular weight is 459 g/mol. The summed E-state index contributed by atoms with van der Waals surface area (Å²) < 4.78 is 11.4. The van der Waals surface area contributed by atoms with Crippen LogP contribution in [0, 0.1) is 31.1 Å². The molecule has 0 spiro atoms. The van der Waals surface area contributed by atoms with Crippen LogP contribution in [0.15, 0.2) is 67.3 Å². The van der Waals surface area contributed by atoms with E-state index >= 15 is 0 Å². The fourth-order valence-electron chi connectivity index (χ4n) is 3.83. The number of nitrogens with zero attached hydrogens (tertiary/aromatic N) is 1. The van der Waals surface area contributed by atoms with Crippen LogP contribution < -0.4 is 10.4 Å². The van der Waals surface area contributed by atoms with Gasteiger partial charge >= 0.3 is 0 Å². The first-order chi connectivity index (χ1) is 16.5. The van der Waals surface area contributed by atoms with Crippen LogP contribution in [0.4, 0.5) is 10.1 Å². The number of rotatable bonds is 8. The summed E-state index contributed by atoms with van der Waals surface area (Å²) in [5, 5.41) is 1.31. The molecule has 2 aliphatic rings. The Labute approximate surface area is 202 Å². The number of carbonyl (C=O) groups excluding carboxylic acids is 2. The van der Waals surface area contributed by atoms with E-state index in [0.717, 1.165) is 35.1 Å². The maximum atomic E-state index is 12.8. The SMILES string of the molecule is C#C/C=C\c1c(C)ccc(CC2C(=O)NN(c3ccccc3)C2=O)c1C=C.FCCCC1C=C1.[HH]. The zero-order valence-electron chi connectivity index (χ0n) is 19.3. The number of benzene rings is 2. The monoisotopic (exact) mass is 458 g/mol. The Morgan fingerprint density at radius 2 is 1.91 bits per heavy atom. The Morgan fingerprint density at radius 1 is 1.18 bits per heavy atom. The molecule has 1 aliphatic heterocycles. The van der Waals surface area contributed by atoms with Crippen LogP contribution >= 0.6 is 0 Å². The molecule has 1 saturated heterocycles. The molecule has 1 fully saturated rings. The first kappa shape index (κ1) is 24.7. The number of allylic oxidation sites excluding steroid dienone is 3. The molecule has 0 aromatic heterocycles. The summed E-state index contributed by atoms with van der Waals surface area (Å²) in [5.41, 5.74) is 7.08. The molecule has 176 valence electrons. The molecule has 5 heteroatoms. The van der Waals surface area contributed by atoms with E-state index in [9.17, 15) is 14.0 Å². The Hall–Kier alpha value is -3.91. The highest BCUT2D eigenvalue weighted by molar-refractivity contribution is 6.14. The number of alkyl halides is 1. The smallest absolute Gasteiger partial charge is 0.258 e. The third-order valence-electron chi connectivity index (χ3n) is 5.78. The van der Waals surface area contributed by atoms with Crippen LogP contribution in [0.3, 0.4) is 0 Å². The summed E-state index contributed by atoms with van der Waals surface area (Å²) in [7, 11) is 0. The normalized spacial score (nSPS) is 16.7. The largest absolute Gasteiger partial charge is 0.272 e. The molecule has 4 nitrogen and oxygen atoms in total. The van der Waals surface area contributed by atoms with Gasteiger partial charge in [-0.3, -0.25) is 19.4 Å². The summed E-state index contributed by atoms with van der Waals surface area (Å²) in [4.78, 5) is 25.3. The van der Waals surface area contributed by atoms with Gasteiger partial charge in [0.25, 0.3) is 11.8 Å². The van der Waals surface area contributed by atoms with Crippen molar-refractivity contribution in [2.75, 3.05) is 11.7 Å². The van der Waals surface area contributed by atoms with E-state index < -0.39 is 5.92 Å². The number of hydrogen-bond acceptors (Lipinski definition) is 2. The Kier molecular flexibility index (Phi) is 8.59. The topological polar surface area (TPSA) is 49.4 Å². The van der Waals surface area contributed by atoms with Gasteiger partial charge in [-0.05, 0) is 78.6 Å². The van der Waals surface area contributed by atoms with Gasteiger partial charge in [0.05, 0.1) is 12.4 Å². The molecular formula is C29H31FN2O2. The molecule has 2 amide bonds. The molecule has 1 aliphatic carbocycles. The number of hydrazine groups is 1. The predicted molar refractivity (Wildman–Crippen MR) is 138 cm³/mol. The van der Waals surface area contributed by atoms with Gasteiger partial charge in [0.2, 0.25) is 0 Å². The number of amides is 2. The number of hydrogen-bond donors (Lipinski definition) is 1. The van der Waals surface area contributed by atoms with Crippen molar-refractivity contribution in [3.8, 4) is 12.3 Å². The van der Waals surface area contributed by atoms with Crippen LogP contribution in [0.25, 0.3) is 12.2 Å². The molecule has 34 heavy (non-hydrogen) atoms. The van der Waals surface area contributed by atoms with E-state index in [1.807, 2.05) is 43.3 Å². The molecule has 4 rings (SSSR count). The summed E-state index contributed by atoms with van der Waals surface area (Å²) >= 11 is 0. The number of carbonyl (C=O) groups is 2. The van der Waals surface area contributed by atoms with Crippen molar-refractivity contribution in [3.05, 3.63) is 89.5 Å². The van der Waals surface area contributed by atoms with E-state index in [1.165, 1.54) is 5.01 Å². The van der Waals surface area contributed by atoms with Crippen LogP contribution in [-0.4, -0.2) is 18.5 Å². The van der Waals surface area contributed by atoms with Crippen LogP contribution in [0.2, 0.25) is 0 Å². The second-order valence-corrected chi connectivity index (χ2v) is 8.19. The first-order valence-electron chi connectivity index (χ1n) is 11.3. The fraction of sp³-hybridized carbons (Fsp3) is 0.241. The van der Waals surface area contributed by atoms with Gasteiger partial charge in [0, 0.05) is 1.43 Å². The molecule has 2 aromatic carbocycles. The minimum absolute atomic E-state index is 0. The minimum Gasteiger partial charge on any atom is -0.272 e. The van der Waals surface area contributed by atoms with E-state index in [2.05, 4.69) is 30.1 Å². The Bertz CT molecular complexity index is 1150. The van der Waals surface area contributed by atoms with Crippen molar-refractivity contribution in [1.82, 2.24) is 5.43 Å². The third kappa shape index (κ3) is 6.11. The standard InChI is InChI=1S/C23H20N2O2.C6H9F.H2/c1-4-6-12-20-16(3)13-14-17(19(20)5-2)15-21-22(26)24-25(23(21)27)18-10-8-7-9-11-18;7-5-1-2-6-3-4-6;/h1,5-14,21H,2,15H2,3H3,(H,24,26);3-4,6H,1-2,5H2;1H/b12-6-;;. The molecule has 0 bridgehead atoms. The lowest BCUT2D eigenvalue weighted by Gasteiger charge is -2.16. The molecule has 1 atom stereocenters. The first-order valence-corrected chi connectivity index (χ1v) is 11.3. The quantitative estimate of drug-likeness (QED) is 0.314. The Morgan fingerprint density at radius 3 is 2.53 bits per heavy atom. The molecule has 1 N–H and O–H groups in total. The van der Waals surface area contributed by atoms with Crippen molar-refractivity contribution in [2.24, 2.45) is 11.8 Å². The summed E-state index contributed by atoms with van der Waals surface area (Å²) in [6.07, 6.45) is 16.8. The van der Waals surface area contributed by atoms with Gasteiger partial charge in [-0.15, -0.1) is 6.42 Å². The highest BCUT2D eigenvalue weighted by Crippen LogP contribution is 2.27. The molecule has 0 radical (unpaired) electrons. The lowest BCUT2D eigenvalue weighted by Crippen LogP contribution is -2.35. The second kappa shape index (κ2) is 11.8. The van der Waals surface area contributed by atoms with E-state index in [0.29, 0.717) is 18.0 Å². The lowest BCUT2D eigenvalue weighted by atomic mass is 9.90. The van der Waals surface area contributed by atoms with Gasteiger partial charge in [0.15, 0.2) is 0 Å². The fourth-order valence-corrected chi connectivity index (χ4v) is 3.83. The van der Waals surface area contributed by atoms with Crippen molar-refractivity contribution in [2.45, 2.75) is 26.2 Å². The van der Waals surface area contributed by atoms with Gasteiger partial charge in [-0.1, -0.05) is 61.1 Å². The number of halogens is 1. The summed E-state index contributed by atoms with van der Waals surface area (Å²) in [6, 6.07) is 13.0. The molecule has 2 aromatic rings. The minimum atomic E-state index is -0.781. The van der Waals surface area contributed by atoms with Gasteiger partial charge in [-0.2, -0.15) is 0 Å². The Balaban J connectivity index is 0.000000465. The van der Waals surface area contributed by atoms with Gasteiger partial charge in [0.1, 0.15) is 5.92 Å². The van der Waals surface area contributed by atoms with Crippen molar-refractivity contribution >= 4 is 29.7 Å². The average Bonchev–Trinajstić information content (AvgIpc) is 3.64. The van der Waals surface area contributed by atoms with Gasteiger partial charge < -0.3 is 0 Å². The van der Waals surface area contributed by atoms with Crippen molar-refractivity contribution in [3.63, 3.8) is 0 Å². The van der Waals surface area contributed by atoms with E-state index in [-0.39, 0.29) is 19.9 Å². The van der Waals surface area contributed by atoms with Crippen molar-refractivity contribution in [1.29, 1.82) is 0 Å². The number of para-hydroxylation sites is 1. The highest BCUT2D eigenvalue weighted by atomic mass is 19.1. The molecule has 1 heterocycles. The van der Waals surface area contributed by atoms with Crippen LogP contribution in [-0.2, 0) is 16.0 Å². The van der Waals surface area contributed by atoms with E-state index in [4.69, 9.17) is 6.42 Å². The van der Waals surface area contributed by atoms with Crippen molar-refractivity contribution < 1.29 is 15.4 Å².